The summed E-state index contributed by atoms with van der Waals surface area (Å²) in [6, 6.07) is -0.0520. The van der Waals surface area contributed by atoms with Gasteiger partial charge in [-0.3, -0.25) is 9.29 Å². The van der Waals surface area contributed by atoms with E-state index in [1.54, 1.807) is 26.4 Å². The van der Waals surface area contributed by atoms with Crippen molar-refractivity contribution in [1.29, 1.82) is 0 Å². The summed E-state index contributed by atoms with van der Waals surface area (Å²) in [5.74, 6) is 0.977. The molecule has 0 spiro atoms. The molecule has 0 aromatic carbocycles. The van der Waals surface area contributed by atoms with Crippen LogP contribution in [-0.4, -0.2) is 58.2 Å². The Morgan fingerprint density at radius 2 is 1.85 bits per heavy atom. The molecule has 1 saturated carbocycles. The van der Waals surface area contributed by atoms with Gasteiger partial charge in [-0.25, -0.2) is 18.4 Å². The second-order valence-corrected chi connectivity index (χ2v) is 11.2. The van der Waals surface area contributed by atoms with Gasteiger partial charge in [-0.2, -0.15) is 0 Å². The summed E-state index contributed by atoms with van der Waals surface area (Å²) >= 11 is 0. The van der Waals surface area contributed by atoms with Crippen molar-refractivity contribution in [3.8, 4) is 0 Å². The van der Waals surface area contributed by atoms with E-state index < -0.39 is 21.2 Å². The summed E-state index contributed by atoms with van der Waals surface area (Å²) in [6.07, 6.45) is 8.87. The molecule has 2 aliphatic rings. The fourth-order valence-corrected chi connectivity index (χ4v) is 5.92. The van der Waals surface area contributed by atoms with Crippen LogP contribution in [0.3, 0.4) is 0 Å². The molecule has 0 bridgehead atoms. The highest BCUT2D eigenvalue weighted by Crippen LogP contribution is 2.38. The van der Waals surface area contributed by atoms with E-state index in [9.17, 15) is 8.42 Å². The van der Waals surface area contributed by atoms with Crippen LogP contribution < -0.4 is 4.72 Å². The molecule has 11 heteroatoms. The van der Waals surface area contributed by atoms with Crippen LogP contribution in [0.2, 0.25) is 0 Å². The molecule has 1 N–H and O–H groups in total. The lowest BCUT2D eigenvalue weighted by atomic mass is 9.92. The Bertz CT molecular complexity index is 1040. The van der Waals surface area contributed by atoms with Crippen molar-refractivity contribution in [1.82, 2.24) is 24.7 Å². The van der Waals surface area contributed by atoms with E-state index in [2.05, 4.69) is 24.9 Å². The molecular formula is C22H34N6O4S. The van der Waals surface area contributed by atoms with E-state index in [4.69, 9.17) is 9.47 Å². The molecule has 10 nitrogen and oxygen atoms in total. The lowest BCUT2D eigenvalue weighted by Gasteiger charge is -2.33. The average molecular weight is 479 g/mol. The molecule has 5 atom stereocenters. The number of aromatic nitrogens is 5. The number of aryl methyl sites for hydroxylation is 1. The maximum atomic E-state index is 13.4. The number of ether oxygens (including phenoxy) is 2. The van der Waals surface area contributed by atoms with Gasteiger partial charge < -0.3 is 9.47 Å². The Kier molecular flexibility index (Phi) is 7.30. The van der Waals surface area contributed by atoms with Crippen molar-refractivity contribution in [2.75, 3.05) is 18.4 Å². The molecule has 182 valence electrons. The van der Waals surface area contributed by atoms with Gasteiger partial charge in [-0.05, 0) is 45.1 Å². The van der Waals surface area contributed by atoms with Crippen LogP contribution >= 0.6 is 0 Å². The van der Waals surface area contributed by atoms with Gasteiger partial charge in [0, 0.05) is 32.0 Å². The lowest BCUT2D eigenvalue weighted by molar-refractivity contribution is 0.0239. The van der Waals surface area contributed by atoms with Crippen molar-refractivity contribution in [3.05, 3.63) is 29.6 Å². The van der Waals surface area contributed by atoms with E-state index >= 15 is 0 Å². The Morgan fingerprint density at radius 3 is 2.52 bits per heavy atom. The van der Waals surface area contributed by atoms with Crippen molar-refractivity contribution in [3.63, 3.8) is 0 Å². The highest BCUT2D eigenvalue weighted by Gasteiger charge is 2.37. The van der Waals surface area contributed by atoms with Gasteiger partial charge in [-0.15, -0.1) is 10.2 Å². The van der Waals surface area contributed by atoms with Crippen molar-refractivity contribution >= 4 is 16.0 Å². The van der Waals surface area contributed by atoms with E-state index in [0.717, 1.165) is 44.1 Å². The number of methoxy groups -OCH3 is 1. The normalized spacial score (nSPS) is 25.6. The van der Waals surface area contributed by atoms with Crippen LogP contribution in [0, 0.1) is 6.92 Å². The SMILES string of the molecule is CO[C@@H]1CCCC[C@H]1n1c(NS(=O)(=O)[C@@H](C)[C@H](C)c2ncc(C)cn2)nnc1C1CCCO1. The molecule has 4 rings (SSSR count). The van der Waals surface area contributed by atoms with E-state index in [1.165, 1.54) is 0 Å². The molecule has 33 heavy (non-hydrogen) atoms. The number of anilines is 1. The van der Waals surface area contributed by atoms with Gasteiger partial charge in [-0.1, -0.05) is 19.8 Å². The van der Waals surface area contributed by atoms with E-state index in [0.29, 0.717) is 18.3 Å². The first kappa shape index (κ1) is 24.0. The Labute approximate surface area is 195 Å². The minimum absolute atomic E-state index is 0.0320. The van der Waals surface area contributed by atoms with Crippen molar-refractivity contribution < 1.29 is 17.9 Å². The van der Waals surface area contributed by atoms with Gasteiger partial charge >= 0.3 is 0 Å². The number of hydrogen-bond acceptors (Lipinski definition) is 8. The van der Waals surface area contributed by atoms with Crippen LogP contribution in [0.25, 0.3) is 0 Å². The molecule has 0 amide bonds. The molecular weight excluding hydrogens is 444 g/mol. The zero-order valence-electron chi connectivity index (χ0n) is 19.8. The number of nitrogens with zero attached hydrogens (tertiary/aromatic N) is 5. The second-order valence-electron chi connectivity index (χ2n) is 9.14. The van der Waals surface area contributed by atoms with E-state index in [1.807, 2.05) is 18.4 Å². The number of sulfonamides is 1. The summed E-state index contributed by atoms with van der Waals surface area (Å²) < 4.78 is 43.1. The molecule has 3 heterocycles. The first-order chi connectivity index (χ1) is 15.8. The maximum Gasteiger partial charge on any atom is 0.238 e. The largest absolute Gasteiger partial charge is 0.379 e. The zero-order valence-corrected chi connectivity index (χ0v) is 20.6. The Morgan fingerprint density at radius 1 is 1.12 bits per heavy atom. The summed E-state index contributed by atoms with van der Waals surface area (Å²) in [4.78, 5) is 8.64. The summed E-state index contributed by atoms with van der Waals surface area (Å²) in [5, 5.41) is 7.87. The van der Waals surface area contributed by atoms with Crippen LogP contribution in [0.5, 0.6) is 0 Å². The standard InChI is InChI=1S/C22H34N6O4S/c1-14-12-23-20(24-13-14)15(2)16(3)33(29,30)27-22-26-25-21(19-10-7-11-32-19)28(22)17-8-5-6-9-18(17)31-4/h12-13,15-19H,5-11H2,1-4H3,(H,26,27)/t15-,16-,17+,18+,19?/m0/s1. The second kappa shape index (κ2) is 10.0. The molecule has 1 unspecified atom stereocenters. The predicted molar refractivity (Wildman–Crippen MR) is 123 cm³/mol. The van der Waals surface area contributed by atoms with Gasteiger partial charge in [0.1, 0.15) is 11.9 Å². The third-order valence-corrected chi connectivity index (χ3v) is 8.73. The fourth-order valence-electron chi connectivity index (χ4n) is 4.68. The molecule has 0 radical (unpaired) electrons. The number of rotatable bonds is 8. The quantitative estimate of drug-likeness (QED) is 0.613. The van der Waals surface area contributed by atoms with Gasteiger partial charge in [0.05, 0.1) is 17.4 Å². The minimum atomic E-state index is -3.80. The Balaban J connectivity index is 1.64. The lowest BCUT2D eigenvalue weighted by Crippen LogP contribution is -2.35. The first-order valence-corrected chi connectivity index (χ1v) is 13.3. The third kappa shape index (κ3) is 5.04. The predicted octanol–water partition coefficient (Wildman–Crippen LogP) is 3.29. The molecule has 2 aromatic rings. The van der Waals surface area contributed by atoms with Gasteiger partial charge in [0.15, 0.2) is 5.82 Å². The van der Waals surface area contributed by atoms with Crippen LogP contribution in [-0.2, 0) is 19.5 Å². The zero-order chi connectivity index (χ0) is 23.6. The van der Waals surface area contributed by atoms with Crippen molar-refractivity contribution in [2.24, 2.45) is 0 Å². The third-order valence-electron chi connectivity index (χ3n) is 6.88. The molecule has 1 saturated heterocycles. The highest BCUT2D eigenvalue weighted by atomic mass is 32.2. The summed E-state index contributed by atoms with van der Waals surface area (Å²) in [5.41, 5.74) is 0.925. The highest BCUT2D eigenvalue weighted by molar-refractivity contribution is 7.93. The number of nitrogens with one attached hydrogen (secondary N) is 1. The average Bonchev–Trinajstić information content (AvgIpc) is 3.48. The van der Waals surface area contributed by atoms with Gasteiger partial charge in [0.2, 0.25) is 16.0 Å². The molecule has 1 aliphatic heterocycles. The minimum Gasteiger partial charge on any atom is -0.379 e. The summed E-state index contributed by atoms with van der Waals surface area (Å²) in [6.45, 7) is 6.05. The van der Waals surface area contributed by atoms with Gasteiger partial charge in [0.25, 0.3) is 0 Å². The van der Waals surface area contributed by atoms with E-state index in [-0.39, 0.29) is 24.2 Å². The summed E-state index contributed by atoms with van der Waals surface area (Å²) in [7, 11) is -2.10. The smallest absolute Gasteiger partial charge is 0.238 e. The Hall–Kier alpha value is -2.11. The number of hydrogen-bond donors (Lipinski definition) is 1. The topological polar surface area (TPSA) is 121 Å². The van der Waals surface area contributed by atoms with Crippen LogP contribution in [0.4, 0.5) is 5.95 Å². The molecule has 1 aliphatic carbocycles. The van der Waals surface area contributed by atoms with Crippen molar-refractivity contribution in [2.45, 2.75) is 88.7 Å². The first-order valence-electron chi connectivity index (χ1n) is 11.7. The molecule has 2 aromatic heterocycles. The van der Waals surface area contributed by atoms with Crippen LogP contribution in [0.15, 0.2) is 12.4 Å². The fraction of sp³-hybridized carbons (Fsp3) is 0.727. The van der Waals surface area contributed by atoms with Crippen LogP contribution in [0.1, 0.15) is 87.6 Å². The maximum absolute atomic E-state index is 13.4. The molecule has 2 fully saturated rings. The monoisotopic (exact) mass is 478 g/mol.